The van der Waals surface area contributed by atoms with Gasteiger partial charge in [0.25, 0.3) is 0 Å². The van der Waals surface area contributed by atoms with Crippen LogP contribution < -0.4 is 5.32 Å². The van der Waals surface area contributed by atoms with Crippen LogP contribution in [0.4, 0.5) is 4.79 Å². The maximum absolute atomic E-state index is 12.2. The predicted molar refractivity (Wildman–Crippen MR) is 67.1 cm³/mol. The number of likely N-dealkylation sites (tertiary alicyclic amines) is 1. The molecule has 2 heterocycles. The second-order valence-electron chi connectivity index (χ2n) is 6.27. The van der Waals surface area contributed by atoms with E-state index in [-0.39, 0.29) is 17.5 Å². The molecule has 2 aliphatic rings. The summed E-state index contributed by atoms with van der Waals surface area (Å²) < 4.78 is 5.45. The molecule has 0 aliphatic carbocycles. The zero-order valence-corrected chi connectivity index (χ0v) is 11.4. The number of rotatable bonds is 0. The third kappa shape index (κ3) is 2.60. The van der Waals surface area contributed by atoms with Crippen molar-refractivity contribution < 1.29 is 14.3 Å². The summed E-state index contributed by atoms with van der Waals surface area (Å²) in [7, 11) is 0. The number of nitrogens with one attached hydrogen (secondary N) is 1. The highest BCUT2D eigenvalue weighted by Gasteiger charge is 2.48. The summed E-state index contributed by atoms with van der Waals surface area (Å²) >= 11 is 0. The van der Waals surface area contributed by atoms with Crippen LogP contribution in [0.2, 0.25) is 0 Å². The van der Waals surface area contributed by atoms with E-state index in [0.29, 0.717) is 19.5 Å². The Morgan fingerprint density at radius 3 is 2.67 bits per heavy atom. The van der Waals surface area contributed by atoms with Crippen LogP contribution in [0.5, 0.6) is 0 Å². The van der Waals surface area contributed by atoms with E-state index in [1.165, 1.54) is 0 Å². The van der Waals surface area contributed by atoms with Crippen molar-refractivity contribution in [2.75, 3.05) is 13.1 Å². The van der Waals surface area contributed by atoms with Crippen LogP contribution in [-0.4, -0.2) is 41.1 Å². The molecule has 2 fully saturated rings. The Morgan fingerprint density at radius 2 is 2.11 bits per heavy atom. The number of nitrogens with zero attached hydrogens (tertiary/aromatic N) is 1. The van der Waals surface area contributed by atoms with Gasteiger partial charge in [0.1, 0.15) is 5.60 Å². The van der Waals surface area contributed by atoms with Crippen LogP contribution in [0.25, 0.3) is 0 Å². The van der Waals surface area contributed by atoms with Crippen LogP contribution >= 0.6 is 0 Å². The number of carbonyl (C=O) groups excluding carboxylic acids is 2. The summed E-state index contributed by atoms with van der Waals surface area (Å²) in [5, 5.41) is 2.84. The zero-order valence-electron chi connectivity index (χ0n) is 11.4. The van der Waals surface area contributed by atoms with Gasteiger partial charge >= 0.3 is 6.09 Å². The number of hydrogen-bond donors (Lipinski definition) is 1. The first kappa shape index (κ1) is 13.2. The molecule has 1 N–H and O–H groups in total. The molecule has 0 aromatic rings. The van der Waals surface area contributed by atoms with Gasteiger partial charge in [-0.3, -0.25) is 4.79 Å². The molecule has 102 valence electrons. The normalized spacial score (nSPS) is 28.4. The molecular weight excluding hydrogens is 232 g/mol. The lowest BCUT2D eigenvalue weighted by atomic mass is 9.86. The van der Waals surface area contributed by atoms with Crippen molar-refractivity contribution in [1.82, 2.24) is 10.2 Å². The summed E-state index contributed by atoms with van der Waals surface area (Å²) in [6.07, 6.45) is 3.04. The van der Waals surface area contributed by atoms with Crippen LogP contribution in [0, 0.1) is 0 Å². The van der Waals surface area contributed by atoms with Crippen molar-refractivity contribution in [2.45, 2.75) is 57.6 Å². The lowest BCUT2D eigenvalue weighted by molar-refractivity contribution is -0.120. The van der Waals surface area contributed by atoms with E-state index in [1.807, 2.05) is 20.8 Å². The molecule has 0 aromatic heterocycles. The molecule has 2 saturated heterocycles. The lowest BCUT2D eigenvalue weighted by Crippen LogP contribution is -2.56. The number of piperidine rings is 1. The molecule has 1 atom stereocenters. The SMILES string of the molecule is CC(C)(C)OC(=O)N1CCCC[C@@]12CNC(=O)C2. The van der Waals surface area contributed by atoms with Gasteiger partial charge in [-0.1, -0.05) is 0 Å². The second kappa shape index (κ2) is 4.44. The molecule has 0 saturated carbocycles. The van der Waals surface area contributed by atoms with E-state index in [2.05, 4.69) is 5.32 Å². The van der Waals surface area contributed by atoms with Gasteiger partial charge in [0.05, 0.1) is 12.0 Å². The van der Waals surface area contributed by atoms with E-state index >= 15 is 0 Å². The van der Waals surface area contributed by atoms with E-state index < -0.39 is 5.60 Å². The van der Waals surface area contributed by atoms with Gasteiger partial charge in [-0.2, -0.15) is 0 Å². The molecule has 2 aliphatic heterocycles. The maximum Gasteiger partial charge on any atom is 0.410 e. The van der Waals surface area contributed by atoms with Crippen molar-refractivity contribution in [2.24, 2.45) is 0 Å². The zero-order chi connectivity index (χ0) is 13.4. The Labute approximate surface area is 108 Å². The van der Waals surface area contributed by atoms with E-state index in [4.69, 9.17) is 4.74 Å². The Hall–Kier alpha value is -1.26. The smallest absolute Gasteiger partial charge is 0.410 e. The second-order valence-corrected chi connectivity index (χ2v) is 6.27. The van der Waals surface area contributed by atoms with Gasteiger partial charge in [-0.15, -0.1) is 0 Å². The van der Waals surface area contributed by atoms with Crippen LogP contribution in [0.1, 0.15) is 46.5 Å². The highest BCUT2D eigenvalue weighted by molar-refractivity contribution is 5.82. The monoisotopic (exact) mass is 254 g/mol. The van der Waals surface area contributed by atoms with E-state index in [1.54, 1.807) is 4.90 Å². The molecule has 5 heteroatoms. The van der Waals surface area contributed by atoms with Crippen molar-refractivity contribution in [3.8, 4) is 0 Å². The third-order valence-electron chi connectivity index (χ3n) is 3.56. The molecule has 0 aromatic carbocycles. The van der Waals surface area contributed by atoms with Crippen LogP contribution in [0.3, 0.4) is 0 Å². The third-order valence-corrected chi connectivity index (χ3v) is 3.56. The Morgan fingerprint density at radius 1 is 1.39 bits per heavy atom. The van der Waals surface area contributed by atoms with Crippen molar-refractivity contribution in [1.29, 1.82) is 0 Å². The molecule has 1 spiro atoms. The number of carbonyl (C=O) groups is 2. The highest BCUT2D eigenvalue weighted by atomic mass is 16.6. The van der Waals surface area contributed by atoms with Gasteiger partial charge in [-0.25, -0.2) is 4.79 Å². The number of ether oxygens (including phenoxy) is 1. The summed E-state index contributed by atoms with van der Waals surface area (Å²) in [5.41, 5.74) is -0.844. The maximum atomic E-state index is 12.2. The van der Waals surface area contributed by atoms with E-state index in [9.17, 15) is 9.59 Å². The van der Waals surface area contributed by atoms with Crippen LogP contribution in [0.15, 0.2) is 0 Å². The number of amides is 2. The average Bonchev–Trinajstić information content (AvgIpc) is 2.58. The van der Waals surface area contributed by atoms with Crippen LogP contribution in [-0.2, 0) is 9.53 Å². The fourth-order valence-electron chi connectivity index (χ4n) is 2.75. The minimum atomic E-state index is -0.494. The van der Waals surface area contributed by atoms with Gasteiger partial charge in [0, 0.05) is 13.1 Å². The summed E-state index contributed by atoms with van der Waals surface area (Å²) in [6.45, 7) is 6.83. The minimum absolute atomic E-state index is 0.0328. The number of hydrogen-bond acceptors (Lipinski definition) is 3. The molecule has 2 amide bonds. The highest BCUT2D eigenvalue weighted by Crippen LogP contribution is 2.34. The molecule has 18 heavy (non-hydrogen) atoms. The minimum Gasteiger partial charge on any atom is -0.444 e. The van der Waals surface area contributed by atoms with Gasteiger partial charge in [0.2, 0.25) is 5.91 Å². The van der Waals surface area contributed by atoms with Gasteiger partial charge in [-0.05, 0) is 40.0 Å². The van der Waals surface area contributed by atoms with Crippen molar-refractivity contribution in [3.63, 3.8) is 0 Å². The molecule has 5 nitrogen and oxygen atoms in total. The predicted octanol–water partition coefficient (Wildman–Crippen LogP) is 1.67. The summed E-state index contributed by atoms with van der Waals surface area (Å²) in [5.74, 6) is 0.0328. The fourth-order valence-corrected chi connectivity index (χ4v) is 2.75. The molecule has 0 radical (unpaired) electrons. The Kier molecular flexibility index (Phi) is 3.25. The van der Waals surface area contributed by atoms with Crippen molar-refractivity contribution in [3.05, 3.63) is 0 Å². The summed E-state index contributed by atoms with van der Waals surface area (Å²) in [4.78, 5) is 25.5. The quantitative estimate of drug-likeness (QED) is 0.715. The topological polar surface area (TPSA) is 58.6 Å². The van der Waals surface area contributed by atoms with Crippen molar-refractivity contribution >= 4 is 12.0 Å². The van der Waals surface area contributed by atoms with Gasteiger partial charge < -0.3 is 15.0 Å². The first-order chi connectivity index (χ1) is 8.32. The van der Waals surface area contributed by atoms with Gasteiger partial charge in [0.15, 0.2) is 0 Å². The first-order valence-electron chi connectivity index (χ1n) is 6.60. The standard InChI is InChI=1S/C13H22N2O3/c1-12(2,3)18-11(17)15-7-5-4-6-13(15)8-10(16)14-9-13/h4-9H2,1-3H3,(H,14,16)/t13-/m1/s1. The first-order valence-corrected chi connectivity index (χ1v) is 6.60. The van der Waals surface area contributed by atoms with E-state index in [0.717, 1.165) is 19.3 Å². The summed E-state index contributed by atoms with van der Waals surface area (Å²) in [6, 6.07) is 0. The fraction of sp³-hybridized carbons (Fsp3) is 0.846. The molecule has 0 unspecified atom stereocenters. The average molecular weight is 254 g/mol. The molecule has 2 rings (SSSR count). The molecule has 0 bridgehead atoms. The Bertz CT molecular complexity index is 362. The largest absolute Gasteiger partial charge is 0.444 e. The lowest BCUT2D eigenvalue weighted by Gasteiger charge is -2.43. The molecular formula is C13H22N2O3. The Balaban J connectivity index is 2.13.